The van der Waals surface area contributed by atoms with Gasteiger partial charge in [0.1, 0.15) is 11.0 Å². The molecule has 0 saturated heterocycles. The van der Waals surface area contributed by atoms with Crippen molar-refractivity contribution in [2.45, 2.75) is 24.0 Å². The molecular weight excluding hydrogens is 318 g/mol. The fraction of sp³-hybridized carbons (Fsp3) is 0.267. The molecule has 0 amide bonds. The van der Waals surface area contributed by atoms with Gasteiger partial charge in [-0.05, 0) is 37.3 Å². The summed E-state index contributed by atoms with van der Waals surface area (Å²) in [6, 6.07) is 8.52. The van der Waals surface area contributed by atoms with E-state index in [0.717, 1.165) is 11.1 Å². The Morgan fingerprint density at radius 3 is 2.91 bits per heavy atom. The number of rotatable bonds is 4. The van der Waals surface area contributed by atoms with Crippen molar-refractivity contribution in [3.63, 3.8) is 0 Å². The van der Waals surface area contributed by atoms with Crippen molar-refractivity contribution in [2.24, 2.45) is 0 Å². The zero-order chi connectivity index (χ0) is 15.1. The Hall–Kier alpha value is -1.79. The van der Waals surface area contributed by atoms with Gasteiger partial charge in [-0.15, -0.1) is 0 Å². The minimum absolute atomic E-state index is 0.435. The van der Waals surface area contributed by atoms with Gasteiger partial charge in [-0.1, -0.05) is 23.4 Å². The van der Waals surface area contributed by atoms with Crippen molar-refractivity contribution < 1.29 is 0 Å². The third kappa shape index (κ3) is 2.64. The quantitative estimate of drug-likeness (QED) is 0.439. The normalized spacial score (nSPS) is 14.5. The second-order valence-electron chi connectivity index (χ2n) is 5.28. The van der Waals surface area contributed by atoms with Crippen LogP contribution in [0.4, 0.5) is 11.5 Å². The molecule has 112 valence electrons. The molecule has 2 heterocycles. The van der Waals surface area contributed by atoms with Crippen molar-refractivity contribution in [3.05, 3.63) is 35.6 Å². The molecule has 4 rings (SSSR count). The fourth-order valence-electron chi connectivity index (χ4n) is 2.44. The van der Waals surface area contributed by atoms with E-state index in [1.165, 1.54) is 30.1 Å². The van der Waals surface area contributed by atoms with Crippen LogP contribution in [-0.2, 0) is 0 Å². The Balaban J connectivity index is 1.65. The highest BCUT2D eigenvalue weighted by atomic mass is 35.5. The van der Waals surface area contributed by atoms with E-state index in [9.17, 15) is 0 Å². The number of nitrogens with zero attached hydrogens (tertiary/aromatic N) is 4. The number of halogens is 1. The van der Waals surface area contributed by atoms with E-state index in [0.29, 0.717) is 22.2 Å². The summed E-state index contributed by atoms with van der Waals surface area (Å²) in [7, 11) is 0. The second-order valence-corrected chi connectivity index (χ2v) is 6.44. The van der Waals surface area contributed by atoms with Gasteiger partial charge in [0.2, 0.25) is 0 Å². The number of hydrogen-bond donors (Lipinski definition) is 1. The Morgan fingerprint density at radius 2 is 2.14 bits per heavy atom. The van der Waals surface area contributed by atoms with E-state index in [4.69, 9.17) is 11.6 Å². The van der Waals surface area contributed by atoms with Crippen LogP contribution in [-0.4, -0.2) is 26.0 Å². The minimum Gasteiger partial charge on any atom is -0.340 e. The predicted molar refractivity (Wildman–Crippen MR) is 90.1 cm³/mol. The fourth-order valence-corrected chi connectivity index (χ4v) is 3.05. The highest BCUT2D eigenvalue weighted by molar-refractivity contribution is 7.98. The Morgan fingerprint density at radius 1 is 1.27 bits per heavy atom. The molecular formula is C15H14ClN5S. The van der Waals surface area contributed by atoms with Crippen LogP contribution in [0.1, 0.15) is 18.9 Å². The highest BCUT2D eigenvalue weighted by Crippen LogP contribution is 2.37. The second kappa shape index (κ2) is 5.44. The number of anilines is 2. The zero-order valence-electron chi connectivity index (χ0n) is 12.0. The summed E-state index contributed by atoms with van der Waals surface area (Å²) in [5.41, 5.74) is 2.14. The zero-order valence-corrected chi connectivity index (χ0v) is 13.5. The lowest BCUT2D eigenvalue weighted by Crippen LogP contribution is -1.97. The molecule has 0 aliphatic heterocycles. The average molecular weight is 332 g/mol. The van der Waals surface area contributed by atoms with Gasteiger partial charge in [-0.2, -0.15) is 5.10 Å². The maximum Gasteiger partial charge on any atom is 0.190 e. The third-order valence-corrected chi connectivity index (χ3v) is 4.36. The molecule has 0 spiro atoms. The molecule has 0 unspecified atom stereocenters. The van der Waals surface area contributed by atoms with Crippen LogP contribution in [0.5, 0.6) is 0 Å². The summed E-state index contributed by atoms with van der Waals surface area (Å²) in [6.45, 7) is 0. The van der Waals surface area contributed by atoms with Crippen LogP contribution in [0.3, 0.4) is 0 Å². The lowest BCUT2D eigenvalue weighted by molar-refractivity contribution is 0.665. The van der Waals surface area contributed by atoms with Crippen LogP contribution < -0.4 is 5.32 Å². The van der Waals surface area contributed by atoms with Crippen molar-refractivity contribution in [1.29, 1.82) is 0 Å². The SMILES string of the molecule is CSc1nc(Cl)cc(Nc2ccc3c(cnn3C3CC3)c2)n1. The summed E-state index contributed by atoms with van der Waals surface area (Å²) >= 11 is 7.48. The van der Waals surface area contributed by atoms with Gasteiger partial charge in [0.05, 0.1) is 17.8 Å². The first-order valence-electron chi connectivity index (χ1n) is 7.06. The van der Waals surface area contributed by atoms with Gasteiger partial charge < -0.3 is 5.32 Å². The number of fused-ring (bicyclic) bond motifs is 1. The molecule has 22 heavy (non-hydrogen) atoms. The number of aromatic nitrogens is 4. The summed E-state index contributed by atoms with van der Waals surface area (Å²) in [6.07, 6.45) is 6.30. The summed E-state index contributed by atoms with van der Waals surface area (Å²) in [5, 5.41) is 9.98. The molecule has 1 N–H and O–H groups in total. The van der Waals surface area contributed by atoms with Gasteiger partial charge in [-0.3, -0.25) is 4.68 Å². The summed E-state index contributed by atoms with van der Waals surface area (Å²) in [5.74, 6) is 0.693. The maximum atomic E-state index is 6.02. The lowest BCUT2D eigenvalue weighted by Gasteiger charge is -2.07. The molecule has 3 aromatic rings. The van der Waals surface area contributed by atoms with Crippen LogP contribution in [0.15, 0.2) is 35.6 Å². The third-order valence-electron chi connectivity index (χ3n) is 3.62. The molecule has 0 atom stereocenters. The van der Waals surface area contributed by atoms with Gasteiger partial charge in [-0.25, -0.2) is 9.97 Å². The number of benzene rings is 1. The van der Waals surface area contributed by atoms with E-state index >= 15 is 0 Å². The summed E-state index contributed by atoms with van der Waals surface area (Å²) < 4.78 is 2.12. The van der Waals surface area contributed by atoms with Crippen LogP contribution >= 0.6 is 23.4 Å². The van der Waals surface area contributed by atoms with Crippen molar-refractivity contribution in [2.75, 3.05) is 11.6 Å². The number of nitrogens with one attached hydrogen (secondary N) is 1. The first-order valence-corrected chi connectivity index (χ1v) is 8.66. The van der Waals surface area contributed by atoms with E-state index in [-0.39, 0.29) is 0 Å². The molecule has 1 fully saturated rings. The van der Waals surface area contributed by atoms with Gasteiger partial charge in [0.25, 0.3) is 0 Å². The van der Waals surface area contributed by atoms with Crippen LogP contribution in [0, 0.1) is 0 Å². The number of hydrogen-bond acceptors (Lipinski definition) is 5. The maximum absolute atomic E-state index is 6.02. The molecule has 1 saturated carbocycles. The first kappa shape index (κ1) is 13.8. The van der Waals surface area contributed by atoms with E-state index < -0.39 is 0 Å². The molecule has 7 heteroatoms. The number of thioether (sulfide) groups is 1. The van der Waals surface area contributed by atoms with Gasteiger partial charge >= 0.3 is 0 Å². The van der Waals surface area contributed by atoms with Crippen molar-refractivity contribution in [3.8, 4) is 0 Å². The van der Waals surface area contributed by atoms with E-state index in [1.54, 1.807) is 6.07 Å². The topological polar surface area (TPSA) is 55.6 Å². The lowest BCUT2D eigenvalue weighted by atomic mass is 10.2. The van der Waals surface area contributed by atoms with Crippen LogP contribution in [0.25, 0.3) is 10.9 Å². The standard InChI is InChI=1S/C15H14ClN5S/c1-22-15-19-13(16)7-14(20-15)18-10-2-5-12-9(6-10)8-17-21(12)11-3-4-11/h2,5-8,11H,3-4H2,1H3,(H,18,19,20). The Bertz CT molecular complexity index is 843. The van der Waals surface area contributed by atoms with Gasteiger partial charge in [0.15, 0.2) is 5.16 Å². The molecule has 5 nitrogen and oxygen atoms in total. The smallest absolute Gasteiger partial charge is 0.190 e. The van der Waals surface area contributed by atoms with E-state index in [1.807, 2.05) is 18.5 Å². The Labute approximate surface area is 137 Å². The predicted octanol–water partition coefficient (Wildman–Crippen LogP) is 4.28. The molecule has 2 aromatic heterocycles. The largest absolute Gasteiger partial charge is 0.340 e. The van der Waals surface area contributed by atoms with E-state index in [2.05, 4.69) is 37.2 Å². The first-order chi connectivity index (χ1) is 10.7. The van der Waals surface area contributed by atoms with Crippen molar-refractivity contribution in [1.82, 2.24) is 19.7 Å². The Kier molecular flexibility index (Phi) is 3.43. The minimum atomic E-state index is 0.435. The molecule has 1 aliphatic carbocycles. The highest BCUT2D eigenvalue weighted by Gasteiger charge is 2.25. The average Bonchev–Trinajstić information content (AvgIpc) is 3.26. The molecule has 1 aliphatic rings. The molecule has 0 radical (unpaired) electrons. The van der Waals surface area contributed by atoms with Crippen LogP contribution in [0.2, 0.25) is 5.15 Å². The van der Waals surface area contributed by atoms with Crippen molar-refractivity contribution >= 4 is 45.8 Å². The summed E-state index contributed by atoms with van der Waals surface area (Å²) in [4.78, 5) is 8.54. The molecule has 1 aromatic carbocycles. The monoisotopic (exact) mass is 331 g/mol. The molecule has 0 bridgehead atoms. The van der Waals surface area contributed by atoms with Gasteiger partial charge in [0, 0.05) is 17.1 Å².